The van der Waals surface area contributed by atoms with Gasteiger partial charge in [-0.2, -0.15) is 4.31 Å². The Labute approximate surface area is 181 Å². The summed E-state index contributed by atoms with van der Waals surface area (Å²) in [6.45, 7) is 3.94. The number of nitrogens with zero attached hydrogens (tertiary/aromatic N) is 2. The molecular formula is C20H22Cl2N2O4S. The standard InChI is InChI=1S/C20H22Cl2N2O4S/c1-2-4-14-11-17-18(28-13-27-17)12-19(14)29(25,26)24-9-7-23(8-10-24)16-6-3-5-15(21)20(16)22/h3,5-6,11-12H,2,4,7-10,13H2,1H3. The van der Waals surface area contributed by atoms with E-state index in [1.54, 1.807) is 18.2 Å². The lowest BCUT2D eigenvalue weighted by molar-refractivity contribution is 0.174. The average molecular weight is 457 g/mol. The van der Waals surface area contributed by atoms with Crippen molar-refractivity contribution >= 4 is 38.9 Å². The number of rotatable bonds is 5. The molecule has 0 aromatic heterocycles. The van der Waals surface area contributed by atoms with E-state index in [9.17, 15) is 8.42 Å². The van der Waals surface area contributed by atoms with Crippen molar-refractivity contribution in [2.45, 2.75) is 24.7 Å². The predicted octanol–water partition coefficient (Wildman–Crippen LogP) is 4.19. The van der Waals surface area contributed by atoms with Gasteiger partial charge in [0.1, 0.15) is 0 Å². The summed E-state index contributed by atoms with van der Waals surface area (Å²) in [4.78, 5) is 2.37. The average Bonchev–Trinajstić information content (AvgIpc) is 3.17. The molecule has 6 nitrogen and oxygen atoms in total. The van der Waals surface area contributed by atoms with Gasteiger partial charge < -0.3 is 14.4 Å². The minimum absolute atomic E-state index is 0.115. The second-order valence-corrected chi connectivity index (χ2v) is 9.72. The number of hydrogen-bond donors (Lipinski definition) is 0. The fourth-order valence-electron chi connectivity index (χ4n) is 3.72. The Morgan fingerprint density at radius 1 is 1.03 bits per heavy atom. The van der Waals surface area contributed by atoms with E-state index in [0.29, 0.717) is 59.0 Å². The van der Waals surface area contributed by atoms with Gasteiger partial charge in [-0.25, -0.2) is 8.42 Å². The number of hydrogen-bond acceptors (Lipinski definition) is 5. The van der Waals surface area contributed by atoms with Crippen molar-refractivity contribution in [1.82, 2.24) is 4.31 Å². The second kappa shape index (κ2) is 8.22. The van der Waals surface area contributed by atoms with Gasteiger partial charge in [-0.05, 0) is 30.2 Å². The second-order valence-electron chi connectivity index (χ2n) is 7.03. The summed E-state index contributed by atoms with van der Waals surface area (Å²) in [7, 11) is -3.65. The monoisotopic (exact) mass is 456 g/mol. The van der Waals surface area contributed by atoms with Crippen molar-refractivity contribution in [3.8, 4) is 11.5 Å². The third kappa shape index (κ3) is 3.89. The topological polar surface area (TPSA) is 59.1 Å². The van der Waals surface area contributed by atoms with Crippen molar-refractivity contribution in [3.05, 3.63) is 45.9 Å². The summed E-state index contributed by atoms with van der Waals surface area (Å²) in [6.07, 6.45) is 1.49. The first-order valence-corrected chi connectivity index (χ1v) is 11.7. The molecule has 2 aromatic carbocycles. The van der Waals surface area contributed by atoms with Crippen LogP contribution in [-0.2, 0) is 16.4 Å². The van der Waals surface area contributed by atoms with Crippen LogP contribution in [0.25, 0.3) is 0 Å². The van der Waals surface area contributed by atoms with Crippen LogP contribution >= 0.6 is 23.2 Å². The highest BCUT2D eigenvalue weighted by Crippen LogP contribution is 2.38. The van der Waals surface area contributed by atoms with Gasteiger partial charge in [-0.15, -0.1) is 0 Å². The molecule has 29 heavy (non-hydrogen) atoms. The van der Waals surface area contributed by atoms with Crippen LogP contribution in [0.2, 0.25) is 10.0 Å². The van der Waals surface area contributed by atoms with Crippen molar-refractivity contribution in [2.75, 3.05) is 37.9 Å². The highest BCUT2D eigenvalue weighted by atomic mass is 35.5. The highest BCUT2D eigenvalue weighted by Gasteiger charge is 2.32. The first-order chi connectivity index (χ1) is 13.9. The van der Waals surface area contributed by atoms with Gasteiger partial charge >= 0.3 is 0 Å². The van der Waals surface area contributed by atoms with E-state index in [1.807, 2.05) is 19.1 Å². The zero-order chi connectivity index (χ0) is 20.6. The maximum atomic E-state index is 13.4. The molecule has 2 aliphatic heterocycles. The van der Waals surface area contributed by atoms with Crippen LogP contribution in [0.5, 0.6) is 11.5 Å². The molecule has 0 unspecified atom stereocenters. The van der Waals surface area contributed by atoms with E-state index in [-0.39, 0.29) is 6.79 Å². The van der Waals surface area contributed by atoms with Gasteiger partial charge in [0.15, 0.2) is 11.5 Å². The van der Waals surface area contributed by atoms with Gasteiger partial charge in [-0.1, -0.05) is 42.6 Å². The van der Waals surface area contributed by atoms with Crippen molar-refractivity contribution in [1.29, 1.82) is 0 Å². The van der Waals surface area contributed by atoms with Crippen LogP contribution in [0.1, 0.15) is 18.9 Å². The molecule has 2 aliphatic rings. The Morgan fingerprint density at radius 3 is 2.41 bits per heavy atom. The highest BCUT2D eigenvalue weighted by molar-refractivity contribution is 7.89. The number of benzene rings is 2. The molecule has 0 atom stereocenters. The Morgan fingerprint density at radius 2 is 1.72 bits per heavy atom. The zero-order valence-corrected chi connectivity index (χ0v) is 18.4. The van der Waals surface area contributed by atoms with Crippen LogP contribution in [0, 0.1) is 0 Å². The SMILES string of the molecule is CCCc1cc2c(cc1S(=O)(=O)N1CCN(c3cccc(Cl)c3Cl)CC1)OCO2. The maximum absolute atomic E-state index is 13.4. The number of halogens is 2. The summed E-state index contributed by atoms with van der Waals surface area (Å²) in [5.41, 5.74) is 1.59. The molecule has 2 heterocycles. The smallest absolute Gasteiger partial charge is 0.243 e. The van der Waals surface area contributed by atoms with E-state index in [4.69, 9.17) is 32.7 Å². The van der Waals surface area contributed by atoms with Crippen LogP contribution in [0.4, 0.5) is 5.69 Å². The molecular weight excluding hydrogens is 435 g/mol. The summed E-state index contributed by atoms with van der Waals surface area (Å²) in [6, 6.07) is 8.87. The van der Waals surface area contributed by atoms with E-state index in [0.717, 1.165) is 17.7 Å². The van der Waals surface area contributed by atoms with E-state index < -0.39 is 10.0 Å². The van der Waals surface area contributed by atoms with E-state index in [2.05, 4.69) is 4.90 Å². The Hall–Kier alpha value is -1.67. The lowest BCUT2D eigenvalue weighted by atomic mass is 10.1. The van der Waals surface area contributed by atoms with Gasteiger partial charge in [0.25, 0.3) is 0 Å². The minimum Gasteiger partial charge on any atom is -0.454 e. The third-order valence-corrected chi connectivity index (χ3v) is 7.99. The number of anilines is 1. The van der Waals surface area contributed by atoms with Gasteiger partial charge in [0.2, 0.25) is 16.8 Å². The Balaban J connectivity index is 1.57. The predicted molar refractivity (Wildman–Crippen MR) is 114 cm³/mol. The first-order valence-electron chi connectivity index (χ1n) is 9.53. The van der Waals surface area contributed by atoms with E-state index in [1.165, 1.54) is 4.31 Å². The quantitative estimate of drug-likeness (QED) is 0.674. The summed E-state index contributed by atoms with van der Waals surface area (Å²) < 4.78 is 39.2. The number of ether oxygens (including phenoxy) is 2. The zero-order valence-electron chi connectivity index (χ0n) is 16.0. The van der Waals surface area contributed by atoms with Crippen LogP contribution in [-0.4, -0.2) is 45.7 Å². The van der Waals surface area contributed by atoms with E-state index >= 15 is 0 Å². The van der Waals surface area contributed by atoms with Crippen LogP contribution < -0.4 is 14.4 Å². The molecule has 4 rings (SSSR count). The molecule has 0 bridgehead atoms. The molecule has 1 fully saturated rings. The molecule has 0 radical (unpaired) electrons. The Kier molecular flexibility index (Phi) is 5.84. The number of piperazine rings is 1. The van der Waals surface area contributed by atoms with Gasteiger partial charge in [0, 0.05) is 32.2 Å². The molecule has 0 spiro atoms. The van der Waals surface area contributed by atoms with Crippen molar-refractivity contribution < 1.29 is 17.9 Å². The number of fused-ring (bicyclic) bond motifs is 1. The van der Waals surface area contributed by atoms with Gasteiger partial charge in [0.05, 0.1) is 20.6 Å². The third-order valence-electron chi connectivity index (χ3n) is 5.20. The van der Waals surface area contributed by atoms with Crippen LogP contribution in [0.3, 0.4) is 0 Å². The maximum Gasteiger partial charge on any atom is 0.243 e. The van der Waals surface area contributed by atoms with Crippen molar-refractivity contribution in [2.24, 2.45) is 0 Å². The minimum atomic E-state index is -3.65. The lowest BCUT2D eigenvalue weighted by Gasteiger charge is -2.36. The fraction of sp³-hybridized carbons (Fsp3) is 0.400. The molecule has 1 saturated heterocycles. The molecule has 2 aromatic rings. The van der Waals surface area contributed by atoms with Crippen LogP contribution in [0.15, 0.2) is 35.2 Å². The molecule has 156 valence electrons. The summed E-state index contributed by atoms with van der Waals surface area (Å²) in [5.74, 6) is 1.08. The summed E-state index contributed by atoms with van der Waals surface area (Å²) >= 11 is 12.4. The number of sulfonamides is 1. The first kappa shape index (κ1) is 20.6. The Bertz CT molecular complexity index is 1020. The number of aryl methyl sites for hydroxylation is 1. The molecule has 0 N–H and O–H groups in total. The molecule has 0 amide bonds. The largest absolute Gasteiger partial charge is 0.454 e. The molecule has 0 saturated carbocycles. The lowest BCUT2D eigenvalue weighted by Crippen LogP contribution is -2.48. The fourth-order valence-corrected chi connectivity index (χ4v) is 5.80. The molecule has 9 heteroatoms. The normalized spacial score (nSPS) is 17.0. The van der Waals surface area contributed by atoms with Gasteiger partial charge in [-0.3, -0.25) is 0 Å². The van der Waals surface area contributed by atoms with Crippen molar-refractivity contribution in [3.63, 3.8) is 0 Å². The molecule has 0 aliphatic carbocycles. The summed E-state index contributed by atoms with van der Waals surface area (Å²) in [5, 5.41) is 0.982.